The Labute approximate surface area is 102 Å². The second-order valence-electron chi connectivity index (χ2n) is 5.23. The van der Waals surface area contributed by atoms with Gasteiger partial charge in [0, 0.05) is 0 Å². The van der Waals surface area contributed by atoms with Gasteiger partial charge in [-0.25, -0.2) is 0 Å². The summed E-state index contributed by atoms with van der Waals surface area (Å²) in [7, 11) is -1.42. The topological polar surface area (TPSA) is 9.23 Å². The zero-order chi connectivity index (χ0) is 12.0. The van der Waals surface area contributed by atoms with Gasteiger partial charge in [-0.05, 0) is 50.0 Å². The molecule has 1 saturated heterocycles. The Kier molecular flexibility index (Phi) is 5.49. The monoisotopic (exact) mass is 237 g/mol. The molecule has 1 nitrogen and oxygen atoms in total. The number of allylic oxidation sites excluding steroid dienone is 1. The Bertz CT molecular complexity index is 255. The molecule has 0 aromatic carbocycles. The molecule has 91 valence electrons. The molecule has 0 amide bonds. The fourth-order valence-corrected chi connectivity index (χ4v) is 4.57. The third kappa shape index (κ3) is 4.26. The van der Waals surface area contributed by atoms with Crippen LogP contribution in [0, 0.1) is 6.08 Å². The van der Waals surface area contributed by atoms with E-state index in [9.17, 15) is 0 Å². The predicted molar refractivity (Wildman–Crippen MR) is 72.9 cm³/mol. The highest BCUT2D eigenvalue weighted by Gasteiger charge is 2.37. The summed E-state index contributed by atoms with van der Waals surface area (Å²) < 4.78 is 6.13. The molecule has 1 radical (unpaired) electrons. The average molecular weight is 237 g/mol. The van der Waals surface area contributed by atoms with Gasteiger partial charge in [-0.15, -0.1) is 6.58 Å². The molecule has 0 aromatic heterocycles. The quantitative estimate of drug-likeness (QED) is 0.376. The molecule has 16 heavy (non-hydrogen) atoms. The Balaban J connectivity index is 2.51. The van der Waals surface area contributed by atoms with E-state index < -0.39 is 8.32 Å². The van der Waals surface area contributed by atoms with E-state index in [0.717, 1.165) is 18.9 Å². The smallest absolute Gasteiger partial charge is 0.191 e. The Morgan fingerprint density at radius 3 is 2.88 bits per heavy atom. The van der Waals surface area contributed by atoms with Crippen molar-refractivity contribution >= 4 is 8.32 Å². The van der Waals surface area contributed by atoms with Crippen LogP contribution in [0.2, 0.25) is 19.1 Å². The zero-order valence-electron chi connectivity index (χ0n) is 11.0. The fraction of sp³-hybridized carbons (Fsp3) is 0.714. The minimum atomic E-state index is -1.42. The van der Waals surface area contributed by atoms with Crippen LogP contribution in [-0.4, -0.2) is 14.4 Å². The van der Waals surface area contributed by atoms with Crippen molar-refractivity contribution in [2.75, 3.05) is 0 Å². The first kappa shape index (κ1) is 13.7. The Morgan fingerprint density at radius 1 is 1.50 bits per heavy atom. The normalized spacial score (nSPS) is 26.2. The second-order valence-corrected chi connectivity index (χ2v) is 9.34. The van der Waals surface area contributed by atoms with Crippen molar-refractivity contribution < 1.29 is 4.43 Å². The summed E-state index contributed by atoms with van der Waals surface area (Å²) in [6, 6.07) is 1.16. The summed E-state index contributed by atoms with van der Waals surface area (Å²) >= 11 is 0. The number of unbranched alkanes of at least 4 members (excludes halogenated alkanes) is 3. The van der Waals surface area contributed by atoms with Crippen molar-refractivity contribution in [3.05, 3.63) is 24.3 Å². The van der Waals surface area contributed by atoms with Crippen LogP contribution in [0.25, 0.3) is 0 Å². The van der Waals surface area contributed by atoms with Crippen molar-refractivity contribution in [3.63, 3.8) is 0 Å². The molecule has 1 heterocycles. The van der Waals surface area contributed by atoms with Gasteiger partial charge in [0.25, 0.3) is 0 Å². The van der Waals surface area contributed by atoms with Gasteiger partial charge in [0.1, 0.15) is 0 Å². The van der Waals surface area contributed by atoms with Gasteiger partial charge in [0.05, 0.1) is 6.10 Å². The van der Waals surface area contributed by atoms with Crippen LogP contribution in [0.1, 0.15) is 39.0 Å². The molecule has 1 aliphatic heterocycles. The average Bonchev–Trinajstić information content (AvgIpc) is 2.49. The first-order chi connectivity index (χ1) is 7.59. The van der Waals surface area contributed by atoms with Gasteiger partial charge in [0.2, 0.25) is 0 Å². The SMILES string of the molecule is C=CC[C@@H]1O[Si](C)(C)CC1=[C]CCCCC. The number of hydrogen-bond acceptors (Lipinski definition) is 1. The third-order valence-electron chi connectivity index (χ3n) is 2.98. The van der Waals surface area contributed by atoms with Gasteiger partial charge >= 0.3 is 0 Å². The summed E-state index contributed by atoms with van der Waals surface area (Å²) in [6.45, 7) is 10.6. The van der Waals surface area contributed by atoms with Crippen LogP contribution < -0.4 is 0 Å². The predicted octanol–water partition coefficient (Wildman–Crippen LogP) is 4.48. The van der Waals surface area contributed by atoms with E-state index in [1.165, 1.54) is 24.8 Å². The zero-order valence-corrected chi connectivity index (χ0v) is 12.0. The highest BCUT2D eigenvalue weighted by molar-refractivity contribution is 6.72. The van der Waals surface area contributed by atoms with Crippen molar-refractivity contribution in [3.8, 4) is 0 Å². The largest absolute Gasteiger partial charge is 0.410 e. The molecule has 0 aromatic rings. The van der Waals surface area contributed by atoms with E-state index in [-0.39, 0.29) is 0 Å². The van der Waals surface area contributed by atoms with Gasteiger partial charge in [0.15, 0.2) is 8.32 Å². The van der Waals surface area contributed by atoms with Crippen LogP contribution in [0.15, 0.2) is 18.2 Å². The van der Waals surface area contributed by atoms with E-state index in [4.69, 9.17) is 4.43 Å². The first-order valence-corrected chi connectivity index (χ1v) is 9.59. The van der Waals surface area contributed by atoms with Gasteiger partial charge in [-0.1, -0.05) is 25.8 Å². The van der Waals surface area contributed by atoms with E-state index in [2.05, 4.69) is 32.7 Å². The standard InChI is InChI=1S/C14H25OSi/c1-5-7-8-9-11-13-12-16(3,4)15-14(13)10-6-2/h6,14H,2,5,7-10,12H2,1,3-4H3/t14-/m0/s1. The van der Waals surface area contributed by atoms with Crippen molar-refractivity contribution in [2.24, 2.45) is 0 Å². The summed E-state index contributed by atoms with van der Waals surface area (Å²) in [5, 5.41) is 0. The Hall–Kier alpha value is -0.343. The maximum Gasteiger partial charge on any atom is 0.191 e. The lowest BCUT2D eigenvalue weighted by Crippen LogP contribution is -2.25. The second kappa shape index (κ2) is 6.41. The lowest BCUT2D eigenvalue weighted by molar-refractivity contribution is 0.257. The molecule has 0 spiro atoms. The molecule has 0 aliphatic carbocycles. The van der Waals surface area contributed by atoms with E-state index in [1.54, 1.807) is 0 Å². The fourth-order valence-electron chi connectivity index (χ4n) is 2.21. The summed E-state index contributed by atoms with van der Waals surface area (Å²) in [5.41, 5.74) is 1.42. The van der Waals surface area contributed by atoms with Gasteiger partial charge < -0.3 is 4.43 Å². The van der Waals surface area contributed by atoms with Crippen LogP contribution in [0.3, 0.4) is 0 Å². The molecule has 1 fully saturated rings. The number of hydrogen-bond donors (Lipinski definition) is 0. The highest BCUT2D eigenvalue weighted by Crippen LogP contribution is 2.34. The van der Waals surface area contributed by atoms with Crippen LogP contribution >= 0.6 is 0 Å². The van der Waals surface area contributed by atoms with Crippen LogP contribution in [-0.2, 0) is 4.43 Å². The van der Waals surface area contributed by atoms with E-state index in [0.29, 0.717) is 6.10 Å². The lowest BCUT2D eigenvalue weighted by atomic mass is 10.1. The molecule has 1 rings (SSSR count). The maximum atomic E-state index is 6.13. The molecular weight excluding hydrogens is 212 g/mol. The van der Waals surface area contributed by atoms with Gasteiger partial charge in [-0.3, -0.25) is 0 Å². The van der Waals surface area contributed by atoms with Crippen LogP contribution in [0.5, 0.6) is 0 Å². The minimum absolute atomic E-state index is 0.292. The lowest BCUT2D eigenvalue weighted by Gasteiger charge is -2.15. The molecule has 0 N–H and O–H groups in total. The Morgan fingerprint density at radius 2 is 2.25 bits per heavy atom. The summed E-state index contributed by atoms with van der Waals surface area (Å²) in [4.78, 5) is 0. The first-order valence-electron chi connectivity index (χ1n) is 6.47. The molecule has 1 aliphatic rings. The molecule has 0 saturated carbocycles. The van der Waals surface area contributed by atoms with Crippen molar-refractivity contribution in [1.29, 1.82) is 0 Å². The van der Waals surface area contributed by atoms with E-state index in [1.807, 2.05) is 6.08 Å². The third-order valence-corrected chi connectivity index (χ3v) is 5.13. The summed E-state index contributed by atoms with van der Waals surface area (Å²) in [6.07, 6.45) is 11.8. The summed E-state index contributed by atoms with van der Waals surface area (Å²) in [5.74, 6) is 0. The molecular formula is C14H25OSi. The van der Waals surface area contributed by atoms with E-state index >= 15 is 0 Å². The number of rotatable bonds is 6. The van der Waals surface area contributed by atoms with Crippen molar-refractivity contribution in [2.45, 2.75) is 64.3 Å². The molecule has 0 unspecified atom stereocenters. The van der Waals surface area contributed by atoms with Crippen LogP contribution in [0.4, 0.5) is 0 Å². The van der Waals surface area contributed by atoms with Crippen molar-refractivity contribution in [1.82, 2.24) is 0 Å². The van der Waals surface area contributed by atoms with Gasteiger partial charge in [-0.2, -0.15) is 0 Å². The minimum Gasteiger partial charge on any atom is -0.410 e. The molecule has 1 atom stereocenters. The molecule has 0 bridgehead atoms. The maximum absolute atomic E-state index is 6.13. The molecule has 2 heteroatoms. The highest BCUT2D eigenvalue weighted by atomic mass is 28.4.